The highest BCUT2D eigenvalue weighted by atomic mass is 16.5. The van der Waals surface area contributed by atoms with Gasteiger partial charge in [0.25, 0.3) is 0 Å². The molecule has 0 spiro atoms. The third kappa shape index (κ3) is 1.75. The van der Waals surface area contributed by atoms with Crippen LogP contribution in [0, 0.1) is 0 Å². The van der Waals surface area contributed by atoms with E-state index in [0.29, 0.717) is 0 Å². The Bertz CT molecular complexity index is 200. The molecule has 0 saturated carbocycles. The summed E-state index contributed by atoms with van der Waals surface area (Å²) in [7, 11) is 1.58. The molecule has 13 heavy (non-hydrogen) atoms. The summed E-state index contributed by atoms with van der Waals surface area (Å²) in [4.78, 5) is 16.2. The first kappa shape index (κ1) is 9.12. The Labute approximate surface area is 78.4 Å². The van der Waals surface area contributed by atoms with Crippen molar-refractivity contribution in [1.82, 2.24) is 9.80 Å². The van der Waals surface area contributed by atoms with E-state index in [0.717, 1.165) is 32.7 Å². The van der Waals surface area contributed by atoms with Crippen molar-refractivity contribution in [1.29, 1.82) is 0 Å². The minimum atomic E-state index is 0.0995. The summed E-state index contributed by atoms with van der Waals surface area (Å²) in [5.74, 6) is 0.229. The van der Waals surface area contributed by atoms with Gasteiger partial charge in [-0.15, -0.1) is 0 Å². The molecule has 3 saturated heterocycles. The van der Waals surface area contributed by atoms with Gasteiger partial charge in [-0.1, -0.05) is 0 Å². The lowest BCUT2D eigenvalue weighted by atomic mass is 10.0. The molecule has 0 radical (unpaired) electrons. The molecule has 4 nitrogen and oxygen atoms in total. The molecule has 0 aromatic heterocycles. The van der Waals surface area contributed by atoms with Crippen molar-refractivity contribution < 1.29 is 9.53 Å². The van der Waals surface area contributed by atoms with E-state index in [1.807, 2.05) is 0 Å². The van der Waals surface area contributed by atoms with Crippen LogP contribution in [0.4, 0.5) is 0 Å². The fourth-order valence-electron chi connectivity index (χ4n) is 2.16. The zero-order valence-corrected chi connectivity index (χ0v) is 8.03. The molecule has 0 N–H and O–H groups in total. The SMILES string of the molecule is COCC(=O)C1CN2CCN1CC2. The molecule has 3 rings (SSSR count). The molecular weight excluding hydrogens is 168 g/mol. The maximum atomic E-state index is 11.6. The second-order valence-electron chi connectivity index (χ2n) is 3.75. The molecular formula is C9H16N2O2. The van der Waals surface area contributed by atoms with Crippen LogP contribution in [-0.4, -0.2) is 68.1 Å². The molecule has 4 heteroatoms. The highest BCUT2D eigenvalue weighted by molar-refractivity contribution is 5.85. The van der Waals surface area contributed by atoms with Crippen molar-refractivity contribution in [3.05, 3.63) is 0 Å². The van der Waals surface area contributed by atoms with Crippen molar-refractivity contribution in [2.75, 3.05) is 46.4 Å². The Morgan fingerprint density at radius 3 is 2.54 bits per heavy atom. The van der Waals surface area contributed by atoms with E-state index >= 15 is 0 Å². The fraction of sp³-hybridized carbons (Fsp3) is 0.889. The van der Waals surface area contributed by atoms with Crippen LogP contribution in [0.15, 0.2) is 0 Å². The number of Topliss-reactive ketones (excluding diaryl/α,β-unsaturated/α-hetero) is 1. The van der Waals surface area contributed by atoms with Crippen molar-refractivity contribution in [2.45, 2.75) is 6.04 Å². The monoisotopic (exact) mass is 184 g/mol. The topological polar surface area (TPSA) is 32.8 Å². The van der Waals surface area contributed by atoms with Crippen LogP contribution in [0.3, 0.4) is 0 Å². The van der Waals surface area contributed by atoms with Gasteiger partial charge in [-0.05, 0) is 0 Å². The van der Waals surface area contributed by atoms with Crippen molar-refractivity contribution in [3.63, 3.8) is 0 Å². The number of ketones is 1. The highest BCUT2D eigenvalue weighted by Gasteiger charge is 2.35. The summed E-state index contributed by atoms with van der Waals surface area (Å²) in [6.07, 6.45) is 0. The third-order valence-electron chi connectivity index (χ3n) is 2.94. The smallest absolute Gasteiger partial charge is 0.176 e. The number of methoxy groups -OCH3 is 1. The van der Waals surface area contributed by atoms with Crippen LogP contribution in [0.2, 0.25) is 0 Å². The van der Waals surface area contributed by atoms with Crippen molar-refractivity contribution in [2.24, 2.45) is 0 Å². The quantitative estimate of drug-likeness (QED) is 0.575. The van der Waals surface area contributed by atoms with Crippen molar-refractivity contribution >= 4 is 5.78 Å². The first-order chi connectivity index (χ1) is 6.31. The van der Waals surface area contributed by atoms with Gasteiger partial charge < -0.3 is 4.74 Å². The van der Waals surface area contributed by atoms with Crippen molar-refractivity contribution in [3.8, 4) is 0 Å². The van der Waals surface area contributed by atoms with Gasteiger partial charge in [0.15, 0.2) is 5.78 Å². The van der Waals surface area contributed by atoms with E-state index in [1.165, 1.54) is 0 Å². The third-order valence-corrected chi connectivity index (χ3v) is 2.94. The lowest BCUT2D eigenvalue weighted by molar-refractivity contribution is -0.133. The van der Waals surface area contributed by atoms with Gasteiger partial charge in [0.2, 0.25) is 0 Å². The first-order valence-corrected chi connectivity index (χ1v) is 4.79. The van der Waals surface area contributed by atoms with Gasteiger partial charge in [0.1, 0.15) is 6.61 Å². The number of fused-ring (bicyclic) bond motifs is 3. The van der Waals surface area contributed by atoms with E-state index in [9.17, 15) is 4.79 Å². The predicted molar refractivity (Wildman–Crippen MR) is 48.7 cm³/mol. The van der Waals surface area contributed by atoms with Gasteiger partial charge in [-0.3, -0.25) is 14.6 Å². The molecule has 1 atom stereocenters. The van der Waals surface area contributed by atoms with E-state index < -0.39 is 0 Å². The number of nitrogens with zero attached hydrogens (tertiary/aromatic N) is 2. The lowest BCUT2D eigenvalue weighted by Gasteiger charge is -2.46. The predicted octanol–water partition coefficient (Wildman–Crippen LogP) is -0.798. The Hall–Kier alpha value is -0.450. The zero-order valence-electron chi connectivity index (χ0n) is 8.03. The molecule has 0 aliphatic carbocycles. The number of carbonyl (C=O) groups excluding carboxylic acids is 1. The summed E-state index contributed by atoms with van der Waals surface area (Å²) < 4.78 is 4.87. The molecule has 0 aromatic rings. The van der Waals surface area contributed by atoms with Gasteiger partial charge >= 0.3 is 0 Å². The Morgan fingerprint density at radius 1 is 1.38 bits per heavy atom. The first-order valence-electron chi connectivity index (χ1n) is 4.79. The Kier molecular flexibility index (Phi) is 2.62. The summed E-state index contributed by atoms with van der Waals surface area (Å²) >= 11 is 0. The normalized spacial score (nSPS) is 37.8. The number of carbonyl (C=O) groups is 1. The fourth-order valence-corrected chi connectivity index (χ4v) is 2.16. The van der Waals surface area contributed by atoms with E-state index in [-0.39, 0.29) is 18.4 Å². The summed E-state index contributed by atoms with van der Waals surface area (Å²) in [5, 5.41) is 0. The van der Waals surface area contributed by atoms with E-state index in [4.69, 9.17) is 4.74 Å². The van der Waals surface area contributed by atoms with Gasteiger partial charge in [0, 0.05) is 39.8 Å². The Balaban J connectivity index is 1.96. The van der Waals surface area contributed by atoms with E-state index in [2.05, 4.69) is 9.80 Å². The van der Waals surface area contributed by atoms with Gasteiger partial charge in [-0.25, -0.2) is 0 Å². The molecule has 3 heterocycles. The maximum absolute atomic E-state index is 11.6. The lowest BCUT2D eigenvalue weighted by Crippen LogP contribution is -2.63. The molecule has 74 valence electrons. The van der Waals surface area contributed by atoms with Crippen LogP contribution in [0.1, 0.15) is 0 Å². The van der Waals surface area contributed by atoms with Crippen LogP contribution >= 0.6 is 0 Å². The van der Waals surface area contributed by atoms with Gasteiger partial charge in [-0.2, -0.15) is 0 Å². The molecule has 3 fully saturated rings. The number of hydrogen-bond acceptors (Lipinski definition) is 4. The maximum Gasteiger partial charge on any atom is 0.176 e. The number of ether oxygens (including phenoxy) is 1. The second kappa shape index (κ2) is 3.74. The Morgan fingerprint density at radius 2 is 2.08 bits per heavy atom. The van der Waals surface area contributed by atoms with Crippen LogP contribution in [0.5, 0.6) is 0 Å². The number of hydrogen-bond donors (Lipinski definition) is 0. The molecule has 3 aliphatic heterocycles. The minimum Gasteiger partial charge on any atom is -0.377 e. The molecule has 1 unspecified atom stereocenters. The number of piperazine rings is 3. The average Bonchev–Trinajstić information content (AvgIpc) is 2.20. The minimum absolute atomic E-state index is 0.0995. The second-order valence-corrected chi connectivity index (χ2v) is 3.75. The average molecular weight is 184 g/mol. The highest BCUT2D eigenvalue weighted by Crippen LogP contribution is 2.16. The number of rotatable bonds is 3. The van der Waals surface area contributed by atoms with E-state index in [1.54, 1.807) is 7.11 Å². The largest absolute Gasteiger partial charge is 0.377 e. The summed E-state index contributed by atoms with van der Waals surface area (Å²) in [5.41, 5.74) is 0. The molecule has 3 aliphatic rings. The molecule has 0 amide bonds. The van der Waals surface area contributed by atoms with Crippen LogP contribution in [-0.2, 0) is 9.53 Å². The standard InChI is InChI=1S/C9H16N2O2/c1-13-7-9(12)8-6-10-2-4-11(8)5-3-10/h8H,2-7H2,1H3. The zero-order chi connectivity index (χ0) is 9.26. The summed E-state index contributed by atoms with van der Waals surface area (Å²) in [6.45, 7) is 5.49. The molecule has 2 bridgehead atoms. The van der Waals surface area contributed by atoms with Crippen LogP contribution < -0.4 is 0 Å². The molecule has 0 aromatic carbocycles. The summed E-state index contributed by atoms with van der Waals surface area (Å²) in [6, 6.07) is 0.0995. The van der Waals surface area contributed by atoms with Gasteiger partial charge in [0.05, 0.1) is 6.04 Å². The van der Waals surface area contributed by atoms with Crippen LogP contribution in [0.25, 0.3) is 0 Å².